The molecule has 1 rings (SSSR count). The summed E-state index contributed by atoms with van der Waals surface area (Å²) in [6.45, 7) is 0.550. The lowest BCUT2D eigenvalue weighted by Gasteiger charge is -2.30. The Kier molecular flexibility index (Phi) is 5.87. The van der Waals surface area contributed by atoms with Crippen molar-refractivity contribution in [2.24, 2.45) is 11.7 Å². The van der Waals surface area contributed by atoms with Crippen molar-refractivity contribution in [2.45, 2.75) is 37.9 Å². The number of rotatable bonds is 5. The Balaban J connectivity index is 2.21. The van der Waals surface area contributed by atoms with Gasteiger partial charge in [0, 0.05) is 12.6 Å². The van der Waals surface area contributed by atoms with Gasteiger partial charge >= 0.3 is 6.18 Å². The third kappa shape index (κ3) is 5.22. The molecule has 1 amide bonds. The average molecular weight is 268 g/mol. The number of carbonyl (C=O) groups excluding carboxylic acids is 1. The van der Waals surface area contributed by atoms with E-state index in [4.69, 9.17) is 10.5 Å². The largest absolute Gasteiger partial charge is 0.391 e. The van der Waals surface area contributed by atoms with Crippen LogP contribution in [0.25, 0.3) is 0 Å². The van der Waals surface area contributed by atoms with Crippen LogP contribution >= 0.6 is 0 Å². The lowest BCUT2D eigenvalue weighted by atomic mass is 9.85. The monoisotopic (exact) mass is 268 g/mol. The fourth-order valence-corrected chi connectivity index (χ4v) is 2.08. The molecule has 0 aromatic rings. The van der Waals surface area contributed by atoms with E-state index in [1.807, 2.05) is 0 Å². The van der Waals surface area contributed by atoms with E-state index < -0.39 is 12.1 Å². The Morgan fingerprint density at radius 1 is 1.28 bits per heavy atom. The van der Waals surface area contributed by atoms with Crippen LogP contribution in [0.5, 0.6) is 0 Å². The van der Waals surface area contributed by atoms with Crippen LogP contribution in [0.2, 0.25) is 0 Å². The fourth-order valence-electron chi connectivity index (χ4n) is 2.08. The number of alkyl halides is 3. The molecule has 0 spiro atoms. The minimum absolute atomic E-state index is 0.0815. The molecule has 3 N–H and O–H groups in total. The maximum Gasteiger partial charge on any atom is 0.391 e. The minimum Gasteiger partial charge on any atom is -0.370 e. The van der Waals surface area contributed by atoms with Gasteiger partial charge in [-0.15, -0.1) is 0 Å². The molecule has 0 aromatic carbocycles. The summed E-state index contributed by atoms with van der Waals surface area (Å²) >= 11 is 0. The zero-order valence-corrected chi connectivity index (χ0v) is 10.1. The second kappa shape index (κ2) is 6.94. The summed E-state index contributed by atoms with van der Waals surface area (Å²) in [6.07, 6.45) is -3.21. The van der Waals surface area contributed by atoms with Gasteiger partial charge in [0.15, 0.2) is 0 Å². The lowest BCUT2D eigenvalue weighted by Crippen LogP contribution is -2.41. The van der Waals surface area contributed by atoms with Crippen molar-refractivity contribution in [3.8, 4) is 0 Å². The summed E-state index contributed by atoms with van der Waals surface area (Å²) in [7, 11) is 0. The molecule has 106 valence electrons. The van der Waals surface area contributed by atoms with Crippen LogP contribution in [0, 0.1) is 5.92 Å². The Labute approximate surface area is 104 Å². The van der Waals surface area contributed by atoms with E-state index in [-0.39, 0.29) is 31.4 Å². The Bertz CT molecular complexity index is 264. The van der Waals surface area contributed by atoms with Crippen molar-refractivity contribution in [3.05, 3.63) is 0 Å². The molecule has 0 unspecified atom stereocenters. The smallest absolute Gasteiger partial charge is 0.370 e. The van der Waals surface area contributed by atoms with Crippen molar-refractivity contribution < 1.29 is 22.7 Å². The van der Waals surface area contributed by atoms with E-state index in [9.17, 15) is 18.0 Å². The first kappa shape index (κ1) is 15.2. The van der Waals surface area contributed by atoms with Crippen LogP contribution in [-0.4, -0.2) is 37.9 Å². The molecular formula is C11H19F3N2O2. The Hall–Kier alpha value is -0.820. The van der Waals surface area contributed by atoms with Gasteiger partial charge in [-0.2, -0.15) is 13.2 Å². The molecule has 1 fully saturated rings. The van der Waals surface area contributed by atoms with E-state index >= 15 is 0 Å². The molecular weight excluding hydrogens is 249 g/mol. The molecule has 0 heterocycles. The molecule has 0 atom stereocenters. The quantitative estimate of drug-likeness (QED) is 0.736. The van der Waals surface area contributed by atoms with E-state index in [1.165, 1.54) is 0 Å². The minimum atomic E-state index is -4.11. The summed E-state index contributed by atoms with van der Waals surface area (Å²) in [6, 6.07) is -0.169. The van der Waals surface area contributed by atoms with Gasteiger partial charge in [-0.3, -0.25) is 4.79 Å². The normalized spacial score (nSPS) is 24.9. The Morgan fingerprint density at radius 3 is 2.39 bits per heavy atom. The molecule has 1 aliphatic rings. The first-order valence-electron chi connectivity index (χ1n) is 6.07. The summed E-state index contributed by atoms with van der Waals surface area (Å²) in [5.41, 5.74) is 5.19. The van der Waals surface area contributed by atoms with Crippen LogP contribution < -0.4 is 11.1 Å². The number of ether oxygens (including phenoxy) is 1. The number of nitrogens with two attached hydrogens (primary N) is 1. The molecule has 4 nitrogen and oxygen atoms in total. The highest BCUT2D eigenvalue weighted by atomic mass is 19.4. The van der Waals surface area contributed by atoms with Crippen molar-refractivity contribution in [1.29, 1.82) is 0 Å². The highest BCUT2D eigenvalue weighted by molar-refractivity contribution is 5.77. The maximum absolute atomic E-state index is 12.4. The van der Waals surface area contributed by atoms with Crippen LogP contribution in [0.4, 0.5) is 13.2 Å². The molecule has 0 aromatic heterocycles. The second-order valence-electron chi connectivity index (χ2n) is 4.50. The summed E-state index contributed by atoms with van der Waals surface area (Å²) in [4.78, 5) is 11.4. The maximum atomic E-state index is 12.4. The van der Waals surface area contributed by atoms with E-state index in [0.29, 0.717) is 26.0 Å². The van der Waals surface area contributed by atoms with Gasteiger partial charge in [0.25, 0.3) is 0 Å². The van der Waals surface area contributed by atoms with E-state index in [0.717, 1.165) is 0 Å². The van der Waals surface area contributed by atoms with Gasteiger partial charge in [0.2, 0.25) is 5.91 Å². The summed E-state index contributed by atoms with van der Waals surface area (Å²) < 4.78 is 42.2. The predicted molar refractivity (Wildman–Crippen MR) is 59.8 cm³/mol. The van der Waals surface area contributed by atoms with Gasteiger partial charge in [0.1, 0.15) is 6.61 Å². The van der Waals surface area contributed by atoms with Crippen LogP contribution in [0.3, 0.4) is 0 Å². The number of hydrogen-bond acceptors (Lipinski definition) is 3. The SMILES string of the molecule is NCCOCC(=O)NC1CCC(C(F)(F)F)CC1. The van der Waals surface area contributed by atoms with Crippen molar-refractivity contribution >= 4 is 5.91 Å². The highest BCUT2D eigenvalue weighted by Crippen LogP contribution is 2.37. The van der Waals surface area contributed by atoms with Gasteiger partial charge in [-0.25, -0.2) is 0 Å². The van der Waals surface area contributed by atoms with Gasteiger partial charge in [-0.05, 0) is 25.7 Å². The van der Waals surface area contributed by atoms with Crippen molar-refractivity contribution in [1.82, 2.24) is 5.32 Å². The van der Waals surface area contributed by atoms with Gasteiger partial charge in [0.05, 0.1) is 12.5 Å². The molecule has 1 aliphatic carbocycles. The van der Waals surface area contributed by atoms with Crippen LogP contribution in [-0.2, 0) is 9.53 Å². The summed E-state index contributed by atoms with van der Waals surface area (Å²) in [5, 5.41) is 2.68. The zero-order chi connectivity index (χ0) is 13.6. The zero-order valence-electron chi connectivity index (χ0n) is 10.1. The van der Waals surface area contributed by atoms with Crippen LogP contribution in [0.15, 0.2) is 0 Å². The number of amides is 1. The molecule has 1 saturated carbocycles. The molecule has 0 radical (unpaired) electrons. The average Bonchev–Trinajstić information content (AvgIpc) is 2.29. The predicted octanol–water partition coefficient (Wildman–Crippen LogP) is 1.20. The number of nitrogens with one attached hydrogen (secondary N) is 1. The number of carbonyl (C=O) groups is 1. The van der Waals surface area contributed by atoms with E-state index in [1.54, 1.807) is 0 Å². The fraction of sp³-hybridized carbons (Fsp3) is 0.909. The molecule has 18 heavy (non-hydrogen) atoms. The standard InChI is InChI=1S/C11H19F3N2O2/c12-11(13,14)8-1-3-9(4-2-8)16-10(17)7-18-6-5-15/h8-9H,1-7,15H2,(H,16,17). The molecule has 0 bridgehead atoms. The second-order valence-corrected chi connectivity index (χ2v) is 4.50. The van der Waals surface area contributed by atoms with Crippen molar-refractivity contribution in [3.63, 3.8) is 0 Å². The molecule has 0 saturated heterocycles. The van der Waals surface area contributed by atoms with Crippen molar-refractivity contribution in [2.75, 3.05) is 19.8 Å². The lowest BCUT2D eigenvalue weighted by molar-refractivity contribution is -0.182. The first-order valence-corrected chi connectivity index (χ1v) is 6.07. The van der Waals surface area contributed by atoms with Gasteiger partial charge < -0.3 is 15.8 Å². The molecule has 0 aliphatic heterocycles. The number of hydrogen-bond donors (Lipinski definition) is 2. The van der Waals surface area contributed by atoms with Gasteiger partial charge in [-0.1, -0.05) is 0 Å². The van der Waals surface area contributed by atoms with E-state index in [2.05, 4.69) is 5.32 Å². The number of halogens is 3. The van der Waals surface area contributed by atoms with Crippen LogP contribution in [0.1, 0.15) is 25.7 Å². The highest BCUT2D eigenvalue weighted by Gasteiger charge is 2.41. The summed E-state index contributed by atoms with van der Waals surface area (Å²) in [5.74, 6) is -1.52. The molecule has 7 heteroatoms. The Morgan fingerprint density at radius 2 is 1.89 bits per heavy atom. The topological polar surface area (TPSA) is 64.3 Å². The third-order valence-electron chi connectivity index (χ3n) is 3.05. The first-order chi connectivity index (χ1) is 8.43. The third-order valence-corrected chi connectivity index (χ3v) is 3.05.